The molecule has 0 aliphatic carbocycles. The van der Waals surface area contributed by atoms with Crippen molar-refractivity contribution in [2.75, 3.05) is 0 Å². The minimum atomic E-state index is -0.678. The fourth-order valence-corrected chi connectivity index (χ4v) is 2.72. The molecule has 1 aromatic heterocycles. The Labute approximate surface area is 175 Å². The van der Waals surface area contributed by atoms with Crippen LogP contribution in [0.2, 0.25) is 10.0 Å². The first-order chi connectivity index (χ1) is 13.9. The average molecular weight is 435 g/mol. The van der Waals surface area contributed by atoms with E-state index in [1.54, 1.807) is 24.3 Å². The number of halogens is 2. The van der Waals surface area contributed by atoms with Crippen LogP contribution in [0, 0.1) is 0 Å². The molecule has 29 heavy (non-hydrogen) atoms. The molecular weight excluding hydrogens is 419 g/mol. The van der Waals surface area contributed by atoms with E-state index in [-0.39, 0.29) is 22.8 Å². The summed E-state index contributed by atoms with van der Waals surface area (Å²) < 4.78 is 5.18. The number of benzene rings is 2. The van der Waals surface area contributed by atoms with Crippen LogP contribution in [-0.4, -0.2) is 27.1 Å². The number of hydrogen-bond acceptors (Lipinski definition) is 6. The smallest absolute Gasteiger partial charge is 0.273 e. The van der Waals surface area contributed by atoms with Crippen LogP contribution in [0.3, 0.4) is 0 Å². The summed E-state index contributed by atoms with van der Waals surface area (Å²) in [6, 6.07) is 11.1. The maximum absolute atomic E-state index is 12.0. The monoisotopic (exact) mass is 434 g/mol. The van der Waals surface area contributed by atoms with E-state index in [2.05, 4.69) is 21.0 Å². The Kier molecular flexibility index (Phi) is 6.69. The van der Waals surface area contributed by atoms with Gasteiger partial charge in [-0.15, -0.1) is 0 Å². The van der Waals surface area contributed by atoms with Gasteiger partial charge in [-0.2, -0.15) is 4.98 Å². The number of rotatable bonds is 6. The molecular formula is C19H16Cl2N4O4. The van der Waals surface area contributed by atoms with Crippen molar-refractivity contribution in [3.8, 4) is 17.1 Å². The molecule has 0 aliphatic heterocycles. The molecule has 10 heteroatoms. The Hall–Kier alpha value is -3.10. The summed E-state index contributed by atoms with van der Waals surface area (Å²) in [6.07, 6.45) is 0.962. The molecule has 0 unspecified atom stereocenters. The maximum atomic E-state index is 12.0. The van der Waals surface area contributed by atoms with Crippen molar-refractivity contribution in [2.24, 2.45) is 0 Å². The number of nitrogens with zero attached hydrogens (tertiary/aromatic N) is 2. The Morgan fingerprint density at radius 2 is 1.76 bits per heavy atom. The first kappa shape index (κ1) is 20.6. The van der Waals surface area contributed by atoms with Gasteiger partial charge in [-0.1, -0.05) is 28.4 Å². The summed E-state index contributed by atoms with van der Waals surface area (Å²) in [6.45, 7) is 0. The molecule has 0 saturated carbocycles. The third-order valence-electron chi connectivity index (χ3n) is 3.88. The van der Waals surface area contributed by atoms with Gasteiger partial charge in [0, 0.05) is 28.5 Å². The van der Waals surface area contributed by atoms with Crippen LogP contribution in [-0.2, 0) is 11.2 Å². The van der Waals surface area contributed by atoms with E-state index < -0.39 is 11.8 Å². The summed E-state index contributed by atoms with van der Waals surface area (Å²) >= 11 is 11.6. The fourth-order valence-electron chi connectivity index (χ4n) is 2.42. The maximum Gasteiger partial charge on any atom is 0.273 e. The van der Waals surface area contributed by atoms with Crippen LogP contribution in [0.5, 0.6) is 5.75 Å². The van der Waals surface area contributed by atoms with Crippen molar-refractivity contribution < 1.29 is 19.2 Å². The normalized spacial score (nSPS) is 10.6. The standard InChI is InChI=1S/C19H16Cl2N4O4/c20-12-6-4-11(5-7-12)18-22-17(29-25-18)3-1-2-16(27)23-24-19(28)14-10-13(21)8-9-15(14)26/h4-10,26H,1-3H2,(H,23,27)(H,24,28). The average Bonchev–Trinajstić information content (AvgIpc) is 3.17. The molecule has 1 heterocycles. The van der Waals surface area contributed by atoms with E-state index >= 15 is 0 Å². The highest BCUT2D eigenvalue weighted by Gasteiger charge is 2.13. The van der Waals surface area contributed by atoms with Gasteiger partial charge in [0.05, 0.1) is 5.56 Å². The van der Waals surface area contributed by atoms with Gasteiger partial charge in [-0.3, -0.25) is 20.4 Å². The fraction of sp³-hybridized carbons (Fsp3) is 0.158. The van der Waals surface area contributed by atoms with Crippen LogP contribution in [0.1, 0.15) is 29.1 Å². The zero-order valence-electron chi connectivity index (χ0n) is 15.0. The molecule has 0 bridgehead atoms. The molecule has 3 aromatic rings. The second kappa shape index (κ2) is 9.40. The number of aromatic hydroxyl groups is 1. The molecule has 0 fully saturated rings. The largest absolute Gasteiger partial charge is 0.507 e. The highest BCUT2D eigenvalue weighted by molar-refractivity contribution is 6.31. The number of nitrogens with one attached hydrogen (secondary N) is 2. The Morgan fingerprint density at radius 3 is 2.52 bits per heavy atom. The van der Waals surface area contributed by atoms with Gasteiger partial charge in [0.15, 0.2) is 0 Å². The molecule has 2 aromatic carbocycles. The molecule has 0 atom stereocenters. The second-order valence-electron chi connectivity index (χ2n) is 6.04. The van der Waals surface area contributed by atoms with Crippen molar-refractivity contribution in [1.29, 1.82) is 0 Å². The third-order valence-corrected chi connectivity index (χ3v) is 4.37. The number of hydrazine groups is 1. The van der Waals surface area contributed by atoms with E-state index in [0.29, 0.717) is 29.6 Å². The third kappa shape index (κ3) is 5.69. The van der Waals surface area contributed by atoms with Crippen molar-refractivity contribution in [3.05, 3.63) is 64.0 Å². The summed E-state index contributed by atoms with van der Waals surface area (Å²) in [5, 5.41) is 14.5. The Morgan fingerprint density at radius 1 is 1.03 bits per heavy atom. The molecule has 8 nitrogen and oxygen atoms in total. The summed E-state index contributed by atoms with van der Waals surface area (Å²) in [7, 11) is 0. The topological polar surface area (TPSA) is 117 Å². The predicted octanol–water partition coefficient (Wildman–Crippen LogP) is 3.53. The number of carbonyl (C=O) groups excluding carboxylic acids is 2. The molecule has 0 aliphatic rings. The number of carbonyl (C=O) groups is 2. The minimum Gasteiger partial charge on any atom is -0.507 e. The molecule has 0 saturated heterocycles. The number of phenolic OH excluding ortho intramolecular Hbond substituents is 1. The number of hydrogen-bond donors (Lipinski definition) is 3. The van der Waals surface area contributed by atoms with Gasteiger partial charge in [-0.25, -0.2) is 0 Å². The first-order valence-electron chi connectivity index (χ1n) is 8.58. The molecule has 3 rings (SSSR count). The van der Waals surface area contributed by atoms with Gasteiger partial charge in [0.1, 0.15) is 5.75 Å². The van der Waals surface area contributed by atoms with Crippen LogP contribution in [0.15, 0.2) is 47.0 Å². The highest BCUT2D eigenvalue weighted by atomic mass is 35.5. The van der Waals surface area contributed by atoms with E-state index in [0.717, 1.165) is 5.56 Å². The highest BCUT2D eigenvalue weighted by Crippen LogP contribution is 2.21. The lowest BCUT2D eigenvalue weighted by molar-refractivity contribution is -0.121. The van der Waals surface area contributed by atoms with Crippen LogP contribution in [0.25, 0.3) is 11.4 Å². The van der Waals surface area contributed by atoms with Crippen molar-refractivity contribution in [2.45, 2.75) is 19.3 Å². The molecule has 3 N–H and O–H groups in total. The molecule has 0 spiro atoms. The minimum absolute atomic E-state index is 0.0432. The number of aryl methyl sites for hydroxylation is 1. The van der Waals surface area contributed by atoms with Gasteiger partial charge in [0.2, 0.25) is 17.6 Å². The van der Waals surface area contributed by atoms with Gasteiger partial charge >= 0.3 is 0 Å². The van der Waals surface area contributed by atoms with Crippen LogP contribution in [0.4, 0.5) is 0 Å². The van der Waals surface area contributed by atoms with Crippen LogP contribution >= 0.6 is 23.2 Å². The summed E-state index contributed by atoms with van der Waals surface area (Å²) in [4.78, 5) is 28.2. The predicted molar refractivity (Wildman–Crippen MR) is 106 cm³/mol. The van der Waals surface area contributed by atoms with Crippen molar-refractivity contribution >= 4 is 35.0 Å². The SMILES string of the molecule is O=C(CCCc1nc(-c2ccc(Cl)cc2)no1)NNC(=O)c1cc(Cl)ccc1O. The Bertz CT molecular complexity index is 1020. The second-order valence-corrected chi connectivity index (χ2v) is 6.91. The quantitative estimate of drug-likeness (QED) is 0.510. The zero-order chi connectivity index (χ0) is 20.8. The number of amides is 2. The first-order valence-corrected chi connectivity index (χ1v) is 9.34. The number of phenols is 1. The molecule has 2 amide bonds. The zero-order valence-corrected chi connectivity index (χ0v) is 16.5. The van der Waals surface area contributed by atoms with E-state index in [1.807, 2.05) is 0 Å². The Balaban J connectivity index is 1.44. The summed E-state index contributed by atoms with van der Waals surface area (Å²) in [5.74, 6) is -0.487. The van der Waals surface area contributed by atoms with E-state index in [4.69, 9.17) is 27.7 Å². The van der Waals surface area contributed by atoms with Gasteiger partial charge in [-0.05, 0) is 48.9 Å². The van der Waals surface area contributed by atoms with Crippen LogP contribution < -0.4 is 10.9 Å². The van der Waals surface area contributed by atoms with Gasteiger partial charge in [0.25, 0.3) is 5.91 Å². The lowest BCUT2D eigenvalue weighted by Crippen LogP contribution is -2.41. The molecule has 150 valence electrons. The summed E-state index contributed by atoms with van der Waals surface area (Å²) in [5.41, 5.74) is 5.23. The van der Waals surface area contributed by atoms with Crippen molar-refractivity contribution in [3.63, 3.8) is 0 Å². The van der Waals surface area contributed by atoms with Crippen molar-refractivity contribution in [1.82, 2.24) is 21.0 Å². The van der Waals surface area contributed by atoms with Gasteiger partial charge < -0.3 is 9.63 Å². The lowest BCUT2D eigenvalue weighted by atomic mass is 10.2. The van der Waals surface area contributed by atoms with E-state index in [1.165, 1.54) is 18.2 Å². The molecule has 0 radical (unpaired) electrons. The van der Waals surface area contributed by atoms with E-state index in [9.17, 15) is 14.7 Å². The lowest BCUT2D eigenvalue weighted by Gasteiger charge is -2.08. The number of aromatic nitrogens is 2.